The van der Waals surface area contributed by atoms with Crippen LogP contribution in [-0.2, 0) is 40.5 Å². The number of thiophene rings is 1. The van der Waals surface area contributed by atoms with Crippen LogP contribution in [0.15, 0.2) is 109 Å². The van der Waals surface area contributed by atoms with Crippen LogP contribution in [0.5, 0.6) is 0 Å². The van der Waals surface area contributed by atoms with Crippen LogP contribution in [0, 0.1) is 0 Å². The lowest BCUT2D eigenvalue weighted by molar-refractivity contribution is -0.207. The molecule has 0 unspecified atom stereocenters. The molecule has 5 nitrogen and oxygen atoms in total. The first-order chi connectivity index (χ1) is 19.8. The number of piperidine rings is 1. The SMILES string of the molecule is OC[C@@H]1[C@@H](OCc2ccccc2)[C@H](OCc2ccccc2)[C@@H](OCc2ccccc2)CN1CCCc1cccs1. The fraction of sp³-hybridized carbons (Fsp3) is 0.353. The summed E-state index contributed by atoms with van der Waals surface area (Å²) in [7, 11) is 0. The first-order valence-electron chi connectivity index (χ1n) is 14.1. The van der Waals surface area contributed by atoms with Crippen LogP contribution in [0.4, 0.5) is 0 Å². The number of rotatable bonds is 14. The molecule has 1 saturated heterocycles. The maximum absolute atomic E-state index is 10.7. The molecule has 2 heterocycles. The molecule has 1 aromatic heterocycles. The maximum atomic E-state index is 10.7. The number of nitrogens with zero attached hydrogens (tertiary/aromatic N) is 1. The predicted molar refractivity (Wildman–Crippen MR) is 160 cm³/mol. The van der Waals surface area contributed by atoms with Gasteiger partial charge in [-0.15, -0.1) is 11.3 Å². The van der Waals surface area contributed by atoms with Gasteiger partial charge in [0, 0.05) is 11.4 Å². The van der Waals surface area contributed by atoms with Gasteiger partial charge in [-0.05, 0) is 47.5 Å². The molecular formula is C34H39NO4S. The number of hydrogen-bond acceptors (Lipinski definition) is 6. The van der Waals surface area contributed by atoms with Gasteiger partial charge in [0.1, 0.15) is 12.2 Å². The van der Waals surface area contributed by atoms with Gasteiger partial charge in [-0.1, -0.05) is 97.1 Å². The lowest BCUT2D eigenvalue weighted by Gasteiger charge is -2.48. The Morgan fingerprint density at radius 2 is 1.23 bits per heavy atom. The lowest BCUT2D eigenvalue weighted by Crippen LogP contribution is -2.64. The van der Waals surface area contributed by atoms with Crippen LogP contribution in [0.1, 0.15) is 28.0 Å². The number of aliphatic hydroxyl groups is 1. The van der Waals surface area contributed by atoms with Crippen LogP contribution in [0.25, 0.3) is 0 Å². The van der Waals surface area contributed by atoms with E-state index in [2.05, 4.69) is 58.8 Å². The average Bonchev–Trinajstić information content (AvgIpc) is 3.53. The van der Waals surface area contributed by atoms with Crippen LogP contribution in [0.3, 0.4) is 0 Å². The van der Waals surface area contributed by atoms with Gasteiger partial charge < -0.3 is 19.3 Å². The monoisotopic (exact) mass is 557 g/mol. The molecule has 5 rings (SSSR count). The molecule has 3 aromatic carbocycles. The number of hydrogen-bond donors (Lipinski definition) is 1. The van der Waals surface area contributed by atoms with Gasteiger partial charge in [0.25, 0.3) is 0 Å². The molecule has 0 radical (unpaired) electrons. The first-order valence-corrected chi connectivity index (χ1v) is 15.0. The van der Waals surface area contributed by atoms with Crippen molar-refractivity contribution in [3.05, 3.63) is 130 Å². The zero-order valence-corrected chi connectivity index (χ0v) is 23.7. The number of aliphatic hydroxyl groups excluding tert-OH is 1. The minimum absolute atomic E-state index is 0.00490. The Hall–Kier alpha value is -2.84. The zero-order valence-electron chi connectivity index (χ0n) is 22.9. The summed E-state index contributed by atoms with van der Waals surface area (Å²) < 4.78 is 19.9. The molecule has 40 heavy (non-hydrogen) atoms. The van der Waals surface area contributed by atoms with Crippen LogP contribution in [0.2, 0.25) is 0 Å². The first kappa shape index (κ1) is 28.7. The molecule has 1 aliphatic rings. The Balaban J connectivity index is 1.37. The summed E-state index contributed by atoms with van der Waals surface area (Å²) in [5.74, 6) is 0. The van der Waals surface area contributed by atoms with Gasteiger partial charge in [-0.3, -0.25) is 4.90 Å². The molecule has 0 saturated carbocycles. The Labute approximate surface area is 242 Å². The Kier molecular flexibility index (Phi) is 10.9. The molecule has 1 aliphatic heterocycles. The van der Waals surface area contributed by atoms with E-state index in [1.54, 1.807) is 11.3 Å². The number of aryl methyl sites for hydroxylation is 1. The summed E-state index contributed by atoms with van der Waals surface area (Å²) in [4.78, 5) is 3.73. The van der Waals surface area contributed by atoms with Crippen molar-refractivity contribution in [1.82, 2.24) is 4.90 Å². The minimum atomic E-state index is -0.356. The standard InChI is InChI=1S/C34H39NO4S/c36-23-31-33(38-25-28-14-6-2-7-15-28)34(39-26-29-16-8-3-9-17-29)32(37-24-27-12-4-1-5-13-27)22-35(31)20-10-18-30-19-11-21-40-30/h1-9,11-17,19,21,31-34,36H,10,18,20,22-26H2/t31-,32+,33-,34-/m1/s1. The second-order valence-electron chi connectivity index (χ2n) is 10.3. The zero-order chi connectivity index (χ0) is 27.4. The second-order valence-corrected chi connectivity index (χ2v) is 11.3. The third-order valence-corrected chi connectivity index (χ3v) is 8.40. The van der Waals surface area contributed by atoms with E-state index < -0.39 is 0 Å². The molecule has 1 N–H and O–H groups in total. The average molecular weight is 558 g/mol. The van der Waals surface area contributed by atoms with Gasteiger partial charge in [0.2, 0.25) is 0 Å². The Morgan fingerprint density at radius 1 is 0.675 bits per heavy atom. The van der Waals surface area contributed by atoms with E-state index >= 15 is 0 Å². The molecule has 0 aliphatic carbocycles. The lowest BCUT2D eigenvalue weighted by atomic mass is 9.92. The molecule has 6 heteroatoms. The van der Waals surface area contributed by atoms with Crippen LogP contribution in [-0.4, -0.2) is 54.1 Å². The summed E-state index contributed by atoms with van der Waals surface area (Å²) in [5.41, 5.74) is 3.32. The smallest absolute Gasteiger partial charge is 0.113 e. The molecule has 0 amide bonds. The van der Waals surface area contributed by atoms with Crippen molar-refractivity contribution in [2.45, 2.75) is 57.0 Å². The third-order valence-electron chi connectivity index (χ3n) is 7.47. The normalized spacial score (nSPS) is 21.4. The van der Waals surface area contributed by atoms with Crippen molar-refractivity contribution >= 4 is 11.3 Å². The van der Waals surface area contributed by atoms with Crippen molar-refractivity contribution < 1.29 is 19.3 Å². The van der Waals surface area contributed by atoms with Crippen LogP contribution < -0.4 is 0 Å². The Bertz CT molecular complexity index is 1220. The number of likely N-dealkylation sites (tertiary alicyclic amines) is 1. The number of benzene rings is 3. The highest BCUT2D eigenvalue weighted by molar-refractivity contribution is 7.09. The van der Waals surface area contributed by atoms with Gasteiger partial charge in [0.05, 0.1) is 38.6 Å². The van der Waals surface area contributed by atoms with E-state index in [1.807, 2.05) is 54.6 Å². The molecule has 1 fully saturated rings. The van der Waals surface area contributed by atoms with Gasteiger partial charge >= 0.3 is 0 Å². The highest BCUT2D eigenvalue weighted by Crippen LogP contribution is 2.29. The molecule has 0 spiro atoms. The second kappa shape index (κ2) is 15.2. The predicted octanol–water partition coefficient (Wildman–Crippen LogP) is 6.11. The van der Waals surface area contributed by atoms with E-state index in [-0.39, 0.29) is 31.0 Å². The molecule has 0 bridgehead atoms. The van der Waals surface area contributed by atoms with Crippen molar-refractivity contribution in [2.75, 3.05) is 19.7 Å². The molecule has 4 atom stereocenters. The highest BCUT2D eigenvalue weighted by atomic mass is 32.1. The quantitative estimate of drug-likeness (QED) is 0.203. The van der Waals surface area contributed by atoms with E-state index in [9.17, 15) is 5.11 Å². The van der Waals surface area contributed by atoms with Crippen molar-refractivity contribution in [2.24, 2.45) is 0 Å². The topological polar surface area (TPSA) is 51.2 Å². The van der Waals surface area contributed by atoms with Crippen molar-refractivity contribution in [3.8, 4) is 0 Å². The third kappa shape index (κ3) is 8.10. The van der Waals surface area contributed by atoms with Crippen LogP contribution >= 0.6 is 11.3 Å². The molecular weight excluding hydrogens is 518 g/mol. The van der Waals surface area contributed by atoms with Crippen molar-refractivity contribution in [3.63, 3.8) is 0 Å². The summed E-state index contributed by atoms with van der Waals surface area (Å²) in [6.07, 6.45) is 1.12. The number of ether oxygens (including phenoxy) is 3. The summed E-state index contributed by atoms with van der Waals surface area (Å²) in [6, 6.07) is 34.8. The maximum Gasteiger partial charge on any atom is 0.113 e. The summed E-state index contributed by atoms with van der Waals surface area (Å²) in [5, 5.41) is 12.8. The molecule has 210 valence electrons. The largest absolute Gasteiger partial charge is 0.395 e. The summed E-state index contributed by atoms with van der Waals surface area (Å²) in [6.45, 7) is 2.92. The van der Waals surface area contributed by atoms with E-state index in [4.69, 9.17) is 14.2 Å². The molecule has 4 aromatic rings. The minimum Gasteiger partial charge on any atom is -0.395 e. The van der Waals surface area contributed by atoms with Crippen molar-refractivity contribution in [1.29, 1.82) is 0 Å². The van der Waals surface area contributed by atoms with E-state index in [0.29, 0.717) is 26.4 Å². The summed E-state index contributed by atoms with van der Waals surface area (Å²) >= 11 is 1.80. The highest BCUT2D eigenvalue weighted by Gasteiger charge is 2.45. The van der Waals surface area contributed by atoms with E-state index in [0.717, 1.165) is 36.1 Å². The fourth-order valence-corrected chi connectivity index (χ4v) is 6.11. The van der Waals surface area contributed by atoms with Gasteiger partial charge in [-0.25, -0.2) is 0 Å². The van der Waals surface area contributed by atoms with Gasteiger partial charge in [0.15, 0.2) is 0 Å². The van der Waals surface area contributed by atoms with Gasteiger partial charge in [-0.2, -0.15) is 0 Å². The fourth-order valence-electron chi connectivity index (χ4n) is 5.36. The van der Waals surface area contributed by atoms with E-state index in [1.165, 1.54) is 4.88 Å². The Morgan fingerprint density at radius 3 is 1.75 bits per heavy atom.